The molecular formula is C30H29N5O2S. The molecule has 38 heavy (non-hydrogen) atoms. The van der Waals surface area contributed by atoms with Gasteiger partial charge in [0.05, 0.1) is 22.5 Å². The monoisotopic (exact) mass is 523 g/mol. The van der Waals surface area contributed by atoms with Gasteiger partial charge >= 0.3 is 0 Å². The third kappa shape index (κ3) is 4.79. The van der Waals surface area contributed by atoms with Crippen LogP contribution in [-0.4, -0.2) is 26.3 Å². The molecule has 0 unspecified atom stereocenters. The number of hydrogen-bond acceptors (Lipinski definition) is 5. The van der Waals surface area contributed by atoms with Crippen molar-refractivity contribution in [3.8, 4) is 0 Å². The number of amides is 2. The Balaban J connectivity index is 1.33. The highest BCUT2D eigenvalue weighted by atomic mass is 32.1. The van der Waals surface area contributed by atoms with Crippen LogP contribution in [0.25, 0.3) is 21.1 Å². The zero-order chi connectivity index (χ0) is 26.1. The first-order valence-corrected chi connectivity index (χ1v) is 13.8. The van der Waals surface area contributed by atoms with E-state index < -0.39 is 0 Å². The Labute approximate surface area is 225 Å². The molecule has 6 rings (SSSR count). The number of aryl methyl sites for hydroxylation is 1. The number of para-hydroxylation sites is 2. The van der Waals surface area contributed by atoms with Gasteiger partial charge in [0.15, 0.2) is 0 Å². The van der Waals surface area contributed by atoms with E-state index in [0.717, 1.165) is 58.3 Å². The Bertz CT molecular complexity index is 1620. The number of nitrogens with zero attached hydrogens (tertiary/aromatic N) is 4. The number of anilines is 2. The van der Waals surface area contributed by atoms with Crippen LogP contribution in [0.15, 0.2) is 73.1 Å². The lowest BCUT2D eigenvalue weighted by Gasteiger charge is -2.29. The highest BCUT2D eigenvalue weighted by Crippen LogP contribution is 2.33. The number of hydrogen-bond donors (Lipinski definition) is 1. The Kier molecular flexibility index (Phi) is 6.64. The maximum Gasteiger partial charge on any atom is 0.265 e. The fraction of sp³-hybridized carbons (Fsp3) is 0.267. The average molecular weight is 524 g/mol. The maximum atomic E-state index is 13.9. The van der Waals surface area contributed by atoms with Gasteiger partial charge in [-0.15, -0.1) is 11.3 Å². The van der Waals surface area contributed by atoms with Crippen molar-refractivity contribution >= 4 is 55.6 Å². The summed E-state index contributed by atoms with van der Waals surface area (Å²) in [6.07, 6.45) is 8.53. The Morgan fingerprint density at radius 3 is 2.61 bits per heavy atom. The summed E-state index contributed by atoms with van der Waals surface area (Å²) >= 11 is 1.44. The highest BCUT2D eigenvalue weighted by molar-refractivity contribution is 7.20. The second-order valence-corrected chi connectivity index (χ2v) is 10.9. The SMILES string of the molecule is Cn1c(CN(C(=O)C2CCCCC2)c2ccc3sc(C(=O)Nc4ccncc4)cc3c2)nc2ccccc21. The number of imidazole rings is 1. The lowest BCUT2D eigenvalue weighted by molar-refractivity contribution is -0.123. The quantitative estimate of drug-likeness (QED) is 0.274. The Hall–Kier alpha value is -4.04. The fourth-order valence-corrected chi connectivity index (χ4v) is 6.22. The smallest absolute Gasteiger partial charge is 0.265 e. The number of nitrogens with one attached hydrogen (secondary N) is 1. The van der Waals surface area contributed by atoms with Gasteiger partial charge in [0.25, 0.3) is 5.91 Å². The van der Waals surface area contributed by atoms with Crippen LogP contribution in [0.1, 0.15) is 47.6 Å². The molecule has 5 aromatic rings. The molecule has 192 valence electrons. The second-order valence-electron chi connectivity index (χ2n) is 9.86. The predicted molar refractivity (Wildman–Crippen MR) is 152 cm³/mol. The number of benzene rings is 2. The van der Waals surface area contributed by atoms with Crippen molar-refractivity contribution < 1.29 is 9.59 Å². The number of thiophene rings is 1. The van der Waals surface area contributed by atoms with Crippen molar-refractivity contribution in [2.24, 2.45) is 13.0 Å². The lowest BCUT2D eigenvalue weighted by Crippen LogP contribution is -2.37. The second kappa shape index (κ2) is 10.4. The van der Waals surface area contributed by atoms with E-state index in [1.807, 2.05) is 54.4 Å². The summed E-state index contributed by atoms with van der Waals surface area (Å²) in [5.41, 5.74) is 3.51. The van der Waals surface area contributed by atoms with Crippen molar-refractivity contribution in [1.29, 1.82) is 0 Å². The van der Waals surface area contributed by atoms with Crippen molar-refractivity contribution in [2.45, 2.75) is 38.6 Å². The third-order valence-electron chi connectivity index (χ3n) is 7.37. The molecule has 0 spiro atoms. The van der Waals surface area contributed by atoms with Gasteiger partial charge in [-0.3, -0.25) is 14.6 Å². The standard InChI is InChI=1S/C30H29N5O2S/c1-34-25-10-6-5-9-24(25)33-28(34)19-35(30(37)20-7-3-2-4-8-20)23-11-12-26-21(17-23)18-27(38-26)29(36)32-22-13-15-31-16-14-22/h5-6,9-18,20H,2-4,7-8,19H2,1H3,(H,31,32,36). The molecule has 1 aliphatic rings. The van der Waals surface area contributed by atoms with Crippen LogP contribution in [0.5, 0.6) is 0 Å². The summed E-state index contributed by atoms with van der Waals surface area (Å²) in [6.45, 7) is 0.394. The summed E-state index contributed by atoms with van der Waals surface area (Å²) in [7, 11) is 2.00. The van der Waals surface area contributed by atoms with E-state index in [9.17, 15) is 9.59 Å². The molecule has 8 heteroatoms. The molecule has 0 saturated heterocycles. The van der Waals surface area contributed by atoms with Gasteiger partial charge in [0.2, 0.25) is 5.91 Å². The molecular weight excluding hydrogens is 494 g/mol. The largest absolute Gasteiger partial charge is 0.330 e. The number of rotatable bonds is 6. The van der Waals surface area contributed by atoms with Gasteiger partial charge < -0.3 is 14.8 Å². The van der Waals surface area contributed by atoms with Crippen LogP contribution in [-0.2, 0) is 18.4 Å². The van der Waals surface area contributed by atoms with Gasteiger partial charge in [-0.05, 0) is 66.8 Å². The summed E-state index contributed by atoms with van der Waals surface area (Å²) < 4.78 is 3.07. The van der Waals surface area contributed by atoms with Gasteiger partial charge in [-0.1, -0.05) is 31.4 Å². The van der Waals surface area contributed by atoms with Gasteiger partial charge in [0.1, 0.15) is 5.82 Å². The summed E-state index contributed by atoms with van der Waals surface area (Å²) in [6, 6.07) is 19.5. The van der Waals surface area contributed by atoms with Gasteiger partial charge in [-0.25, -0.2) is 4.98 Å². The van der Waals surface area contributed by atoms with Gasteiger partial charge in [-0.2, -0.15) is 0 Å². The van der Waals surface area contributed by atoms with Gasteiger partial charge in [0, 0.05) is 41.4 Å². The van der Waals surface area contributed by atoms with E-state index in [4.69, 9.17) is 4.98 Å². The molecule has 7 nitrogen and oxygen atoms in total. The maximum absolute atomic E-state index is 13.9. The summed E-state index contributed by atoms with van der Waals surface area (Å²) in [5.74, 6) is 0.868. The third-order valence-corrected chi connectivity index (χ3v) is 8.49. The average Bonchev–Trinajstić information content (AvgIpc) is 3.53. The van der Waals surface area contributed by atoms with Crippen molar-refractivity contribution in [3.05, 3.63) is 83.8 Å². The van der Waals surface area contributed by atoms with Crippen molar-refractivity contribution in [1.82, 2.24) is 14.5 Å². The predicted octanol–water partition coefficient (Wildman–Crippen LogP) is 6.55. The van der Waals surface area contributed by atoms with Crippen LogP contribution in [0.4, 0.5) is 11.4 Å². The van der Waals surface area contributed by atoms with E-state index in [1.54, 1.807) is 24.5 Å². The van der Waals surface area contributed by atoms with Crippen LogP contribution < -0.4 is 10.2 Å². The fourth-order valence-electron chi connectivity index (χ4n) is 5.28. The first-order chi connectivity index (χ1) is 18.6. The molecule has 0 bridgehead atoms. The van der Waals surface area contributed by atoms with E-state index >= 15 is 0 Å². The van der Waals surface area contributed by atoms with E-state index in [2.05, 4.69) is 20.9 Å². The lowest BCUT2D eigenvalue weighted by atomic mass is 9.88. The number of aromatic nitrogens is 3. The van der Waals surface area contributed by atoms with Crippen LogP contribution in [0, 0.1) is 5.92 Å². The molecule has 1 N–H and O–H groups in total. The number of fused-ring (bicyclic) bond motifs is 2. The zero-order valence-corrected chi connectivity index (χ0v) is 22.1. The minimum atomic E-state index is -0.159. The number of carbonyl (C=O) groups excluding carboxylic acids is 2. The Morgan fingerprint density at radius 1 is 1.03 bits per heavy atom. The van der Waals surface area contributed by atoms with E-state index in [-0.39, 0.29) is 17.7 Å². The molecule has 2 aromatic carbocycles. The molecule has 3 aromatic heterocycles. The van der Waals surface area contributed by atoms with Crippen LogP contribution in [0.3, 0.4) is 0 Å². The molecule has 1 saturated carbocycles. The first-order valence-electron chi connectivity index (χ1n) is 13.0. The number of carbonyl (C=O) groups is 2. The minimum Gasteiger partial charge on any atom is -0.330 e. The van der Waals surface area contributed by atoms with E-state index in [0.29, 0.717) is 17.1 Å². The van der Waals surface area contributed by atoms with Crippen LogP contribution >= 0.6 is 11.3 Å². The minimum absolute atomic E-state index is 0.0262. The zero-order valence-electron chi connectivity index (χ0n) is 21.3. The van der Waals surface area contributed by atoms with Crippen molar-refractivity contribution in [3.63, 3.8) is 0 Å². The molecule has 0 aliphatic heterocycles. The molecule has 0 atom stereocenters. The summed E-state index contributed by atoms with van der Waals surface area (Å²) in [4.78, 5) is 38.1. The molecule has 1 fully saturated rings. The first kappa shape index (κ1) is 24.3. The normalized spacial score (nSPS) is 14.1. The topological polar surface area (TPSA) is 80.1 Å². The molecule has 3 heterocycles. The highest BCUT2D eigenvalue weighted by Gasteiger charge is 2.28. The molecule has 0 radical (unpaired) electrons. The molecule has 1 aliphatic carbocycles. The van der Waals surface area contributed by atoms with Crippen LogP contribution in [0.2, 0.25) is 0 Å². The summed E-state index contributed by atoms with van der Waals surface area (Å²) in [5, 5.41) is 3.87. The van der Waals surface area contributed by atoms with Crippen molar-refractivity contribution in [2.75, 3.05) is 10.2 Å². The number of pyridine rings is 1. The Morgan fingerprint density at radius 2 is 1.82 bits per heavy atom. The van der Waals surface area contributed by atoms with E-state index in [1.165, 1.54) is 17.8 Å². The molecule has 2 amide bonds.